The highest BCUT2D eigenvalue weighted by molar-refractivity contribution is 5.82. The molecule has 0 aliphatic rings. The van der Waals surface area contributed by atoms with Crippen LogP contribution in [0.1, 0.15) is 5.56 Å². The van der Waals surface area contributed by atoms with E-state index in [4.69, 9.17) is 14.6 Å². The monoisotopic (exact) mass is 282 g/mol. The van der Waals surface area contributed by atoms with Gasteiger partial charge >= 0.3 is 5.97 Å². The van der Waals surface area contributed by atoms with E-state index in [-0.39, 0.29) is 19.0 Å². The quantitative estimate of drug-likeness (QED) is 0.621. The molecule has 1 aromatic carbocycles. The molecule has 1 rings (SSSR count). The second-order valence-corrected chi connectivity index (χ2v) is 3.93. The fraction of sp³-hybridized carbons (Fsp3) is 0.385. The number of nitrogens with one attached hydrogen (secondary N) is 2. The van der Waals surface area contributed by atoms with Crippen LogP contribution in [-0.2, 0) is 16.1 Å². The van der Waals surface area contributed by atoms with Gasteiger partial charge in [0.1, 0.15) is 6.54 Å². The van der Waals surface area contributed by atoms with Crippen LogP contribution in [0, 0.1) is 0 Å². The predicted octanol–water partition coefficient (Wildman–Crippen LogP) is -0.00580. The van der Waals surface area contributed by atoms with Crippen molar-refractivity contribution in [2.45, 2.75) is 6.54 Å². The number of carbonyl (C=O) groups is 2. The molecule has 0 heterocycles. The lowest BCUT2D eigenvalue weighted by Gasteiger charge is -2.13. The van der Waals surface area contributed by atoms with Gasteiger partial charge in [0.25, 0.3) is 0 Å². The smallest absolute Gasteiger partial charge is 0.322 e. The van der Waals surface area contributed by atoms with Crippen molar-refractivity contribution in [2.24, 2.45) is 0 Å². The number of hydrogen-bond acceptors (Lipinski definition) is 5. The molecule has 0 aromatic heterocycles. The minimum Gasteiger partial charge on any atom is -0.493 e. The molecular weight excluding hydrogens is 264 g/mol. The van der Waals surface area contributed by atoms with Crippen LogP contribution in [0.4, 0.5) is 0 Å². The molecule has 1 aromatic rings. The largest absolute Gasteiger partial charge is 0.493 e. The normalized spacial score (nSPS) is 9.90. The summed E-state index contributed by atoms with van der Waals surface area (Å²) in [4.78, 5) is 21.6. The third-order valence-electron chi connectivity index (χ3n) is 2.52. The van der Waals surface area contributed by atoms with Gasteiger partial charge in [-0.05, 0) is 6.07 Å². The van der Waals surface area contributed by atoms with E-state index in [0.717, 1.165) is 5.56 Å². The fourth-order valence-electron chi connectivity index (χ4n) is 1.64. The van der Waals surface area contributed by atoms with Gasteiger partial charge in [-0.15, -0.1) is 0 Å². The van der Waals surface area contributed by atoms with E-state index in [0.29, 0.717) is 18.0 Å². The summed E-state index contributed by atoms with van der Waals surface area (Å²) in [6.45, 7) is 0.0392. The van der Waals surface area contributed by atoms with Crippen LogP contribution < -0.4 is 20.1 Å². The summed E-state index contributed by atoms with van der Waals surface area (Å²) in [7, 11) is 3.09. The van der Waals surface area contributed by atoms with Gasteiger partial charge in [-0.25, -0.2) is 0 Å². The molecule has 0 fully saturated rings. The van der Waals surface area contributed by atoms with Crippen LogP contribution >= 0.6 is 0 Å². The number of carboxylic acid groups (broad SMARTS) is 1. The second-order valence-electron chi connectivity index (χ2n) is 3.93. The second kappa shape index (κ2) is 8.00. The zero-order chi connectivity index (χ0) is 15.0. The minimum atomic E-state index is -1.08. The Kier molecular flexibility index (Phi) is 6.31. The first-order valence-corrected chi connectivity index (χ1v) is 5.97. The van der Waals surface area contributed by atoms with Crippen LogP contribution in [0.5, 0.6) is 11.5 Å². The van der Waals surface area contributed by atoms with Gasteiger partial charge in [-0.2, -0.15) is 0 Å². The summed E-state index contributed by atoms with van der Waals surface area (Å²) >= 11 is 0. The number of hydrogen-bond donors (Lipinski definition) is 3. The zero-order valence-electron chi connectivity index (χ0n) is 11.4. The van der Waals surface area contributed by atoms with Crippen LogP contribution in [0.2, 0.25) is 0 Å². The van der Waals surface area contributed by atoms with Crippen LogP contribution in [0.3, 0.4) is 0 Å². The number of carboxylic acids is 1. The molecular formula is C13H18N2O5. The Morgan fingerprint density at radius 3 is 2.55 bits per heavy atom. The van der Waals surface area contributed by atoms with Crippen molar-refractivity contribution < 1.29 is 24.2 Å². The first kappa shape index (κ1) is 15.8. The van der Waals surface area contributed by atoms with Gasteiger partial charge < -0.3 is 25.2 Å². The molecule has 0 saturated carbocycles. The van der Waals surface area contributed by atoms with E-state index in [2.05, 4.69) is 10.6 Å². The molecule has 1 amide bonds. The third kappa shape index (κ3) is 4.77. The van der Waals surface area contributed by atoms with Gasteiger partial charge in [-0.3, -0.25) is 9.59 Å². The van der Waals surface area contributed by atoms with Gasteiger partial charge in [-0.1, -0.05) is 12.1 Å². The number of ether oxygens (including phenoxy) is 2. The first-order valence-electron chi connectivity index (χ1n) is 5.97. The standard InChI is InChI=1S/C13H18N2O5/c1-19-10-5-3-4-9(13(10)20-2)6-14-7-11(16)15-8-12(17)18/h3-5,14H,6-8H2,1-2H3,(H,15,16)(H,17,18). The minimum absolute atomic E-state index is 0.0215. The Morgan fingerprint density at radius 1 is 1.20 bits per heavy atom. The highest BCUT2D eigenvalue weighted by atomic mass is 16.5. The Labute approximate surface area is 116 Å². The van der Waals surface area contributed by atoms with E-state index in [1.54, 1.807) is 20.3 Å². The molecule has 7 heteroatoms. The van der Waals surface area contributed by atoms with E-state index >= 15 is 0 Å². The van der Waals surface area contributed by atoms with Crippen molar-refractivity contribution in [3.05, 3.63) is 23.8 Å². The van der Waals surface area contributed by atoms with Gasteiger partial charge in [0.2, 0.25) is 5.91 Å². The fourth-order valence-corrected chi connectivity index (χ4v) is 1.64. The van der Waals surface area contributed by atoms with Gasteiger partial charge in [0.15, 0.2) is 11.5 Å². The number of carbonyl (C=O) groups excluding carboxylic acids is 1. The summed E-state index contributed by atoms with van der Waals surface area (Å²) < 4.78 is 10.4. The zero-order valence-corrected chi connectivity index (χ0v) is 11.4. The van der Waals surface area contributed by atoms with Gasteiger partial charge in [0.05, 0.1) is 20.8 Å². The lowest BCUT2D eigenvalue weighted by Crippen LogP contribution is -2.36. The molecule has 0 saturated heterocycles. The van der Waals surface area contributed by atoms with Crippen molar-refractivity contribution >= 4 is 11.9 Å². The highest BCUT2D eigenvalue weighted by Gasteiger charge is 2.09. The summed E-state index contributed by atoms with van der Waals surface area (Å²) in [6, 6.07) is 5.45. The third-order valence-corrected chi connectivity index (χ3v) is 2.52. The van der Waals surface area contributed by atoms with Crippen molar-refractivity contribution in [3.8, 4) is 11.5 Å². The van der Waals surface area contributed by atoms with Crippen LogP contribution in [0.25, 0.3) is 0 Å². The molecule has 0 atom stereocenters. The molecule has 0 bridgehead atoms. The van der Waals surface area contributed by atoms with Crippen LogP contribution in [0.15, 0.2) is 18.2 Å². The van der Waals surface area contributed by atoms with Gasteiger partial charge in [0, 0.05) is 12.1 Å². The van der Waals surface area contributed by atoms with E-state index in [1.807, 2.05) is 12.1 Å². The molecule has 0 aliphatic heterocycles. The average molecular weight is 282 g/mol. The first-order chi connectivity index (χ1) is 9.58. The van der Waals surface area contributed by atoms with Crippen molar-refractivity contribution in [1.82, 2.24) is 10.6 Å². The molecule has 0 unspecified atom stereocenters. The molecule has 110 valence electrons. The molecule has 0 aliphatic carbocycles. The van der Waals surface area contributed by atoms with E-state index in [9.17, 15) is 9.59 Å². The molecule has 7 nitrogen and oxygen atoms in total. The summed E-state index contributed by atoms with van der Waals surface area (Å²) in [6.07, 6.45) is 0. The molecule has 3 N–H and O–H groups in total. The molecule has 0 radical (unpaired) electrons. The number of methoxy groups -OCH3 is 2. The Morgan fingerprint density at radius 2 is 1.95 bits per heavy atom. The molecule has 0 spiro atoms. The van der Waals surface area contributed by atoms with Crippen molar-refractivity contribution in [1.29, 1.82) is 0 Å². The summed E-state index contributed by atoms with van der Waals surface area (Å²) in [5.41, 5.74) is 0.845. The summed E-state index contributed by atoms with van der Waals surface area (Å²) in [5, 5.41) is 13.6. The van der Waals surface area contributed by atoms with Crippen LogP contribution in [-0.4, -0.2) is 44.3 Å². The maximum Gasteiger partial charge on any atom is 0.322 e. The van der Waals surface area contributed by atoms with E-state index in [1.165, 1.54) is 0 Å². The topological polar surface area (TPSA) is 96.9 Å². The highest BCUT2D eigenvalue weighted by Crippen LogP contribution is 2.30. The Hall–Kier alpha value is -2.28. The maximum atomic E-state index is 11.3. The predicted molar refractivity (Wildman–Crippen MR) is 71.9 cm³/mol. The number of benzene rings is 1. The number of para-hydroxylation sites is 1. The SMILES string of the molecule is COc1cccc(CNCC(=O)NCC(=O)O)c1OC. The maximum absolute atomic E-state index is 11.3. The summed E-state index contributed by atoms with van der Waals surface area (Å²) in [5.74, 6) is -0.238. The number of amides is 1. The van der Waals surface area contributed by atoms with E-state index < -0.39 is 5.97 Å². The molecule has 20 heavy (non-hydrogen) atoms. The average Bonchev–Trinajstić information content (AvgIpc) is 2.44. The Bertz CT molecular complexity index is 476. The Balaban J connectivity index is 2.49. The number of rotatable bonds is 8. The lowest BCUT2D eigenvalue weighted by atomic mass is 10.2. The lowest BCUT2D eigenvalue weighted by molar-refractivity contribution is -0.137. The number of aliphatic carboxylic acids is 1. The van der Waals surface area contributed by atoms with Crippen molar-refractivity contribution in [2.75, 3.05) is 27.3 Å². The van der Waals surface area contributed by atoms with Crippen molar-refractivity contribution in [3.63, 3.8) is 0 Å².